The predicted octanol–water partition coefficient (Wildman–Crippen LogP) is -0.577. The molecule has 0 aliphatic carbocycles. The number of primary amides is 1. The van der Waals surface area contributed by atoms with Crippen molar-refractivity contribution < 1.29 is 9.59 Å². The summed E-state index contributed by atoms with van der Waals surface area (Å²) < 4.78 is 0. The third-order valence-electron chi connectivity index (χ3n) is 3.61. The summed E-state index contributed by atoms with van der Waals surface area (Å²) in [5.74, 6) is -0.727. The van der Waals surface area contributed by atoms with Gasteiger partial charge in [0.2, 0.25) is 11.8 Å². The Morgan fingerprint density at radius 1 is 1.13 bits per heavy atom. The highest BCUT2D eigenvalue weighted by molar-refractivity contribution is 5.89. The maximum atomic E-state index is 12.5. The molecule has 0 aliphatic rings. The molecule has 3 atom stereocenters. The second-order valence-electron chi connectivity index (χ2n) is 6.10. The van der Waals surface area contributed by atoms with Crippen molar-refractivity contribution in [2.75, 3.05) is 6.54 Å². The molecule has 0 heterocycles. The molecule has 0 bridgehead atoms. The van der Waals surface area contributed by atoms with Gasteiger partial charge in [0.15, 0.2) is 5.96 Å². The zero-order valence-electron chi connectivity index (χ0n) is 14.6. The minimum Gasteiger partial charge on any atom is -0.370 e. The van der Waals surface area contributed by atoms with Crippen LogP contribution >= 0.6 is 0 Å². The smallest absolute Gasteiger partial charge is 0.240 e. The third-order valence-corrected chi connectivity index (χ3v) is 3.61. The molecule has 0 aliphatic heterocycles. The van der Waals surface area contributed by atoms with E-state index in [-0.39, 0.29) is 23.8 Å². The van der Waals surface area contributed by atoms with E-state index in [1.165, 1.54) is 0 Å². The Morgan fingerprint density at radius 3 is 2.17 bits per heavy atom. The fraction of sp³-hybridized carbons (Fsp3) is 0.800. The Labute approximate surface area is 138 Å². The quantitative estimate of drug-likeness (QED) is 0.195. The van der Waals surface area contributed by atoms with E-state index in [4.69, 9.17) is 17.2 Å². The summed E-state index contributed by atoms with van der Waals surface area (Å²) in [5, 5.41) is 5.95. The van der Waals surface area contributed by atoms with Gasteiger partial charge in [0.25, 0.3) is 0 Å². The number of carbonyl (C=O) groups excluding carboxylic acids is 2. The average Bonchev–Trinajstić information content (AvgIpc) is 2.45. The van der Waals surface area contributed by atoms with Crippen molar-refractivity contribution in [2.45, 2.75) is 65.1 Å². The van der Waals surface area contributed by atoms with Gasteiger partial charge in [-0.25, -0.2) is 0 Å². The number of amides is 2. The Balaban J connectivity index is 4.77. The van der Waals surface area contributed by atoms with Crippen LogP contribution in [0, 0.1) is 5.92 Å². The molecule has 23 heavy (non-hydrogen) atoms. The maximum Gasteiger partial charge on any atom is 0.240 e. The van der Waals surface area contributed by atoms with Crippen LogP contribution in [-0.2, 0) is 9.59 Å². The Bertz CT molecular complexity index is 407. The molecule has 0 unspecified atom stereocenters. The molecule has 0 aromatic heterocycles. The first-order valence-corrected chi connectivity index (χ1v) is 8.10. The molecule has 0 aromatic carbocycles. The predicted molar refractivity (Wildman–Crippen MR) is 92.6 cm³/mol. The normalized spacial score (nSPS) is 14.8. The van der Waals surface area contributed by atoms with Crippen LogP contribution in [-0.4, -0.2) is 42.4 Å². The largest absolute Gasteiger partial charge is 0.370 e. The van der Waals surface area contributed by atoms with Crippen LogP contribution in [0.2, 0.25) is 0 Å². The number of carbonyl (C=O) groups is 2. The minimum atomic E-state index is -0.665. The molecular weight excluding hydrogens is 296 g/mol. The fourth-order valence-corrected chi connectivity index (χ4v) is 2.18. The van der Waals surface area contributed by atoms with Gasteiger partial charge in [-0.3, -0.25) is 14.6 Å². The van der Waals surface area contributed by atoms with Crippen LogP contribution < -0.4 is 27.8 Å². The van der Waals surface area contributed by atoms with Gasteiger partial charge in [0.1, 0.15) is 6.04 Å². The van der Waals surface area contributed by atoms with E-state index in [1.54, 1.807) is 0 Å². The van der Waals surface area contributed by atoms with E-state index in [9.17, 15) is 9.59 Å². The lowest BCUT2D eigenvalue weighted by Crippen LogP contribution is -2.55. The van der Waals surface area contributed by atoms with Crippen LogP contribution in [0.4, 0.5) is 0 Å². The molecule has 8 N–H and O–H groups in total. The molecule has 0 aromatic rings. The molecule has 0 saturated carbocycles. The van der Waals surface area contributed by atoms with Crippen molar-refractivity contribution in [3.05, 3.63) is 0 Å². The van der Waals surface area contributed by atoms with Crippen LogP contribution in [0.5, 0.6) is 0 Å². The van der Waals surface area contributed by atoms with Gasteiger partial charge in [0, 0.05) is 12.6 Å². The minimum absolute atomic E-state index is 0.0159. The molecule has 0 spiro atoms. The van der Waals surface area contributed by atoms with Crippen molar-refractivity contribution >= 4 is 17.8 Å². The molecule has 0 rings (SSSR count). The van der Waals surface area contributed by atoms with Gasteiger partial charge in [-0.2, -0.15) is 0 Å². The molecule has 134 valence electrons. The van der Waals surface area contributed by atoms with E-state index in [0.717, 1.165) is 6.42 Å². The maximum absolute atomic E-state index is 12.5. The monoisotopic (exact) mass is 328 g/mol. The zero-order chi connectivity index (χ0) is 18.0. The Morgan fingerprint density at radius 2 is 1.74 bits per heavy atom. The number of hydrogen-bond acceptors (Lipinski definition) is 4. The first kappa shape index (κ1) is 21.2. The number of hydrogen-bond donors (Lipinski definition) is 5. The number of aliphatic imine (C=N–C) groups is 1. The summed E-state index contributed by atoms with van der Waals surface area (Å²) in [6.45, 7) is 8.20. The highest BCUT2D eigenvalue weighted by Gasteiger charge is 2.27. The lowest BCUT2D eigenvalue weighted by Gasteiger charge is -2.26. The average molecular weight is 328 g/mol. The van der Waals surface area contributed by atoms with Gasteiger partial charge in [-0.05, 0) is 18.8 Å². The van der Waals surface area contributed by atoms with E-state index < -0.39 is 18.0 Å². The highest BCUT2D eigenvalue weighted by Crippen LogP contribution is 2.09. The molecular formula is C15H32N6O2. The van der Waals surface area contributed by atoms with Gasteiger partial charge < -0.3 is 27.8 Å². The lowest BCUT2D eigenvalue weighted by atomic mass is 9.98. The van der Waals surface area contributed by atoms with E-state index in [2.05, 4.69) is 15.6 Å². The van der Waals surface area contributed by atoms with Crippen LogP contribution in [0.1, 0.15) is 47.0 Å². The summed E-state index contributed by atoms with van der Waals surface area (Å²) in [7, 11) is 0. The van der Waals surface area contributed by atoms with Crippen molar-refractivity contribution in [2.24, 2.45) is 28.1 Å². The number of nitrogens with zero attached hydrogens (tertiary/aromatic N) is 1. The van der Waals surface area contributed by atoms with Gasteiger partial charge in [0.05, 0.1) is 6.04 Å². The highest BCUT2D eigenvalue weighted by atomic mass is 16.2. The number of guanidine groups is 1. The molecule has 0 fully saturated rings. The SMILES string of the molecule is CC[C@@H](C)[C@@H](NC(=O)[C@@H](CCCN=C(N)N)NC(C)C)C(N)=O. The molecule has 0 radical (unpaired) electrons. The van der Waals surface area contributed by atoms with Gasteiger partial charge in [-0.1, -0.05) is 34.1 Å². The van der Waals surface area contributed by atoms with E-state index >= 15 is 0 Å². The zero-order valence-corrected chi connectivity index (χ0v) is 14.6. The standard InChI is InChI=1S/C15H32N6O2/c1-5-10(4)12(13(16)22)21-14(23)11(20-9(2)3)7-6-8-19-15(17)18/h9-12,20H,5-8H2,1-4H3,(H2,16,22)(H,21,23)(H4,17,18,19)/t10-,11-,12-/m1/s1. The molecule has 8 nitrogen and oxygen atoms in total. The van der Waals surface area contributed by atoms with Crippen molar-refractivity contribution in [3.63, 3.8) is 0 Å². The number of rotatable bonds is 11. The summed E-state index contributed by atoms with van der Waals surface area (Å²) in [6, 6.07) is -0.957. The first-order valence-electron chi connectivity index (χ1n) is 8.10. The van der Waals surface area contributed by atoms with E-state index in [1.807, 2.05) is 27.7 Å². The fourth-order valence-electron chi connectivity index (χ4n) is 2.18. The van der Waals surface area contributed by atoms with Gasteiger partial charge >= 0.3 is 0 Å². The lowest BCUT2D eigenvalue weighted by molar-refractivity contribution is -0.129. The third kappa shape index (κ3) is 9.02. The summed E-state index contributed by atoms with van der Waals surface area (Å²) in [6.07, 6.45) is 1.97. The molecule has 8 heteroatoms. The number of nitrogens with two attached hydrogens (primary N) is 3. The van der Waals surface area contributed by atoms with Crippen LogP contribution in [0.15, 0.2) is 4.99 Å². The number of nitrogens with one attached hydrogen (secondary N) is 2. The van der Waals surface area contributed by atoms with E-state index in [0.29, 0.717) is 19.4 Å². The molecule has 0 saturated heterocycles. The van der Waals surface area contributed by atoms with Crippen molar-refractivity contribution in [3.8, 4) is 0 Å². The summed E-state index contributed by atoms with van der Waals surface area (Å²) in [5.41, 5.74) is 16.0. The Kier molecular flexibility index (Phi) is 9.96. The topological polar surface area (TPSA) is 149 Å². The van der Waals surface area contributed by atoms with Crippen molar-refractivity contribution in [1.29, 1.82) is 0 Å². The van der Waals surface area contributed by atoms with Crippen LogP contribution in [0.3, 0.4) is 0 Å². The summed E-state index contributed by atoms with van der Waals surface area (Å²) >= 11 is 0. The Hall–Kier alpha value is -1.83. The van der Waals surface area contributed by atoms with Crippen molar-refractivity contribution in [1.82, 2.24) is 10.6 Å². The van der Waals surface area contributed by atoms with Gasteiger partial charge in [-0.15, -0.1) is 0 Å². The first-order chi connectivity index (χ1) is 10.7. The summed E-state index contributed by atoms with van der Waals surface area (Å²) in [4.78, 5) is 27.9. The second kappa shape index (κ2) is 10.8. The van der Waals surface area contributed by atoms with Crippen LogP contribution in [0.25, 0.3) is 0 Å². The second-order valence-corrected chi connectivity index (χ2v) is 6.10. The molecule has 2 amide bonds.